The van der Waals surface area contributed by atoms with Crippen molar-refractivity contribution in [1.82, 2.24) is 9.55 Å². The summed E-state index contributed by atoms with van der Waals surface area (Å²) in [6.45, 7) is -0.154. The molecule has 1 aromatic heterocycles. The minimum absolute atomic E-state index is 0.0364. The molecule has 0 radical (unpaired) electrons. The van der Waals surface area contributed by atoms with Gasteiger partial charge in [-0.2, -0.15) is 0 Å². The van der Waals surface area contributed by atoms with Crippen LogP contribution in [-0.2, 0) is 9.53 Å². The molecule has 1 fully saturated rings. The lowest BCUT2D eigenvalue weighted by Crippen LogP contribution is -2.34. The highest BCUT2D eigenvalue weighted by atomic mass is 32.2. The number of H-pyrrole nitrogens is 1. The molecule has 0 aliphatic carbocycles. The van der Waals surface area contributed by atoms with Crippen LogP contribution < -0.4 is 16.6 Å². The quantitative estimate of drug-likeness (QED) is 0.587. The molecular formula is C9H11N3O5S. The molecular weight excluding hydrogens is 262 g/mol. The number of amides is 1. The van der Waals surface area contributed by atoms with Gasteiger partial charge in [-0.15, -0.1) is 11.8 Å². The van der Waals surface area contributed by atoms with Crippen LogP contribution in [0.1, 0.15) is 6.23 Å². The molecule has 1 saturated heterocycles. The largest absolute Gasteiger partial charge is 0.393 e. The predicted octanol–water partition coefficient (Wildman–Crippen LogP) is -1.31. The van der Waals surface area contributed by atoms with Crippen molar-refractivity contribution in [1.29, 1.82) is 0 Å². The normalized spacial score (nSPS) is 22.9. The first-order valence-electron chi connectivity index (χ1n) is 5.09. The number of thioether (sulfide) groups is 1. The number of nitrogens with one attached hydrogen (secondary N) is 2. The van der Waals surface area contributed by atoms with Crippen LogP contribution in [0.25, 0.3) is 0 Å². The topological polar surface area (TPSA) is 113 Å². The minimum Gasteiger partial charge on any atom is -0.393 e. The number of rotatable bonds is 4. The summed E-state index contributed by atoms with van der Waals surface area (Å²) >= 11 is 1.36. The van der Waals surface area contributed by atoms with Crippen LogP contribution in [0, 0.1) is 0 Å². The molecule has 2 rings (SSSR count). The summed E-state index contributed by atoms with van der Waals surface area (Å²) < 4.78 is 6.56. The molecule has 0 spiro atoms. The van der Waals surface area contributed by atoms with Gasteiger partial charge in [0.1, 0.15) is 17.4 Å². The highest BCUT2D eigenvalue weighted by molar-refractivity contribution is 8.00. The minimum atomic E-state index is -0.673. The molecule has 0 bridgehead atoms. The molecule has 0 saturated carbocycles. The van der Waals surface area contributed by atoms with Crippen LogP contribution in [0.5, 0.6) is 0 Å². The fraction of sp³-hybridized carbons (Fsp3) is 0.444. The summed E-state index contributed by atoms with van der Waals surface area (Å²) in [5.41, 5.74) is -1.73. The van der Waals surface area contributed by atoms with E-state index in [9.17, 15) is 14.4 Å². The van der Waals surface area contributed by atoms with E-state index in [1.54, 1.807) is 0 Å². The molecule has 18 heavy (non-hydrogen) atoms. The average Bonchev–Trinajstić information content (AvgIpc) is 2.81. The van der Waals surface area contributed by atoms with Gasteiger partial charge in [-0.05, 0) is 0 Å². The van der Waals surface area contributed by atoms with Crippen molar-refractivity contribution in [2.45, 2.75) is 11.7 Å². The first-order valence-corrected chi connectivity index (χ1v) is 6.14. The first kappa shape index (κ1) is 12.9. The van der Waals surface area contributed by atoms with Gasteiger partial charge in [0.25, 0.3) is 5.56 Å². The third kappa shape index (κ3) is 2.47. The number of hydrogen-bond acceptors (Lipinski definition) is 6. The van der Waals surface area contributed by atoms with Crippen molar-refractivity contribution in [3.8, 4) is 0 Å². The van der Waals surface area contributed by atoms with Gasteiger partial charge < -0.3 is 15.2 Å². The molecule has 1 aromatic rings. The second-order valence-corrected chi connectivity index (χ2v) is 4.70. The Morgan fingerprint density at radius 2 is 2.44 bits per heavy atom. The monoisotopic (exact) mass is 273 g/mol. The lowest BCUT2D eigenvalue weighted by molar-refractivity contribution is -0.105. The Labute approximate surface area is 105 Å². The molecule has 0 unspecified atom stereocenters. The fourth-order valence-corrected chi connectivity index (χ4v) is 2.48. The number of ether oxygens (including phenoxy) is 1. The molecule has 1 aliphatic rings. The zero-order chi connectivity index (χ0) is 13.1. The number of nitrogens with zero attached hydrogens (tertiary/aromatic N) is 1. The van der Waals surface area contributed by atoms with Gasteiger partial charge in [-0.1, -0.05) is 0 Å². The average molecular weight is 273 g/mol. The van der Waals surface area contributed by atoms with E-state index in [2.05, 4.69) is 10.3 Å². The summed E-state index contributed by atoms with van der Waals surface area (Å²) in [7, 11) is 0. The summed E-state index contributed by atoms with van der Waals surface area (Å²) in [5.74, 6) is 0.470. The van der Waals surface area contributed by atoms with E-state index in [1.807, 2.05) is 0 Å². The van der Waals surface area contributed by atoms with Crippen LogP contribution in [0.15, 0.2) is 15.8 Å². The van der Waals surface area contributed by atoms with Crippen molar-refractivity contribution >= 4 is 23.9 Å². The van der Waals surface area contributed by atoms with Crippen LogP contribution in [0.2, 0.25) is 0 Å². The van der Waals surface area contributed by atoms with Crippen molar-refractivity contribution < 1.29 is 14.6 Å². The SMILES string of the molecule is O=CNc1cn([C@H]2CS[C@@H](CO)O2)c(=O)[nH]c1=O. The number of aromatic amines is 1. The highest BCUT2D eigenvalue weighted by Gasteiger charge is 2.27. The van der Waals surface area contributed by atoms with E-state index in [4.69, 9.17) is 9.84 Å². The number of aliphatic hydroxyl groups is 1. The van der Waals surface area contributed by atoms with Crippen molar-refractivity contribution in [2.24, 2.45) is 0 Å². The number of hydrogen-bond donors (Lipinski definition) is 3. The Balaban J connectivity index is 2.33. The van der Waals surface area contributed by atoms with Crippen molar-refractivity contribution in [3.63, 3.8) is 0 Å². The summed E-state index contributed by atoms with van der Waals surface area (Å²) in [5, 5.41) is 11.1. The lowest BCUT2D eigenvalue weighted by atomic mass is 10.5. The summed E-state index contributed by atoms with van der Waals surface area (Å²) in [6.07, 6.45) is 0.990. The number of aliphatic hydroxyl groups excluding tert-OH is 1. The molecule has 98 valence electrons. The van der Waals surface area contributed by atoms with E-state index >= 15 is 0 Å². The number of carbonyl (C=O) groups is 1. The third-order valence-electron chi connectivity index (χ3n) is 2.38. The zero-order valence-electron chi connectivity index (χ0n) is 9.16. The number of aromatic nitrogens is 2. The highest BCUT2D eigenvalue weighted by Crippen LogP contribution is 2.30. The molecule has 1 aliphatic heterocycles. The number of carbonyl (C=O) groups excluding carboxylic acids is 1. The Bertz CT molecular complexity index is 554. The maximum Gasteiger partial charge on any atom is 0.330 e. The van der Waals surface area contributed by atoms with Gasteiger partial charge in [-0.25, -0.2) is 4.79 Å². The van der Waals surface area contributed by atoms with Crippen LogP contribution in [0.3, 0.4) is 0 Å². The Kier molecular flexibility index (Phi) is 3.84. The summed E-state index contributed by atoms with van der Waals surface area (Å²) in [6, 6.07) is 0. The zero-order valence-corrected chi connectivity index (χ0v) is 9.98. The maximum atomic E-state index is 11.6. The predicted molar refractivity (Wildman–Crippen MR) is 64.5 cm³/mol. The Morgan fingerprint density at radius 3 is 3.06 bits per heavy atom. The summed E-state index contributed by atoms with van der Waals surface area (Å²) in [4.78, 5) is 35.4. The molecule has 8 nitrogen and oxygen atoms in total. The molecule has 3 N–H and O–H groups in total. The van der Waals surface area contributed by atoms with Gasteiger partial charge in [0, 0.05) is 11.9 Å². The maximum absolute atomic E-state index is 11.6. The molecule has 2 heterocycles. The molecule has 1 amide bonds. The second kappa shape index (κ2) is 5.38. The van der Waals surface area contributed by atoms with E-state index in [0.717, 1.165) is 0 Å². The number of anilines is 1. The lowest BCUT2D eigenvalue weighted by Gasteiger charge is -2.14. The molecule has 2 atom stereocenters. The second-order valence-electron chi connectivity index (χ2n) is 3.51. The fourth-order valence-electron chi connectivity index (χ4n) is 1.55. The standard InChI is InChI=1S/C9H11N3O5S/c13-2-7-17-6(3-18-7)12-1-5(10-4-14)8(15)11-9(12)16/h1,4,6-7,13H,2-3H2,(H,10,14)(H,11,15,16)/t6-,7+/m1/s1. The first-order chi connectivity index (χ1) is 8.65. The molecule has 0 aromatic carbocycles. The van der Waals surface area contributed by atoms with E-state index in [0.29, 0.717) is 12.2 Å². The van der Waals surface area contributed by atoms with Gasteiger partial charge in [0.2, 0.25) is 6.41 Å². The van der Waals surface area contributed by atoms with Crippen LogP contribution >= 0.6 is 11.8 Å². The van der Waals surface area contributed by atoms with E-state index in [-0.39, 0.29) is 12.3 Å². The van der Waals surface area contributed by atoms with Crippen LogP contribution in [0.4, 0.5) is 5.69 Å². The Hall–Kier alpha value is -1.58. The van der Waals surface area contributed by atoms with Gasteiger partial charge in [0.15, 0.2) is 0 Å². The van der Waals surface area contributed by atoms with E-state index in [1.165, 1.54) is 22.5 Å². The van der Waals surface area contributed by atoms with Crippen molar-refractivity contribution in [2.75, 3.05) is 17.7 Å². The van der Waals surface area contributed by atoms with Crippen LogP contribution in [-0.4, -0.2) is 38.9 Å². The van der Waals surface area contributed by atoms with Gasteiger partial charge in [0.05, 0.1) is 6.61 Å². The van der Waals surface area contributed by atoms with Crippen molar-refractivity contribution in [3.05, 3.63) is 27.0 Å². The van der Waals surface area contributed by atoms with Gasteiger partial charge >= 0.3 is 5.69 Å². The third-order valence-corrected chi connectivity index (χ3v) is 3.48. The molecule has 9 heteroatoms. The smallest absolute Gasteiger partial charge is 0.330 e. The Morgan fingerprint density at radius 1 is 1.67 bits per heavy atom. The van der Waals surface area contributed by atoms with E-state index < -0.39 is 22.9 Å². The van der Waals surface area contributed by atoms with Gasteiger partial charge in [-0.3, -0.25) is 19.1 Å².